The van der Waals surface area contributed by atoms with Gasteiger partial charge in [0.25, 0.3) is 0 Å². The van der Waals surface area contributed by atoms with Crippen molar-refractivity contribution in [1.29, 1.82) is 0 Å². The standard InChI is InChI=1S/C8H12BrCl4NO2S2/c9-5-18(15,16)14(6-3-1-2-4-6)17-8(12,13)7(10)11/h6-7H,1-5H2. The van der Waals surface area contributed by atoms with E-state index >= 15 is 0 Å². The molecule has 1 saturated carbocycles. The maximum absolute atomic E-state index is 12.0. The third-order valence-electron chi connectivity index (χ3n) is 2.50. The molecule has 0 amide bonds. The molecular weight excluding hydrogens is 428 g/mol. The van der Waals surface area contributed by atoms with Crippen molar-refractivity contribution in [2.75, 3.05) is 4.66 Å². The van der Waals surface area contributed by atoms with Crippen LogP contribution in [-0.2, 0) is 10.0 Å². The molecule has 0 unspecified atom stereocenters. The zero-order valence-electron chi connectivity index (χ0n) is 9.16. The van der Waals surface area contributed by atoms with Crippen LogP contribution < -0.4 is 0 Å². The van der Waals surface area contributed by atoms with Crippen molar-refractivity contribution < 1.29 is 8.42 Å². The van der Waals surface area contributed by atoms with E-state index in [1.807, 2.05) is 0 Å². The zero-order valence-corrected chi connectivity index (χ0v) is 15.4. The minimum atomic E-state index is -3.48. The number of halogens is 5. The molecule has 0 aromatic rings. The van der Waals surface area contributed by atoms with Crippen LogP contribution in [0.25, 0.3) is 0 Å². The maximum Gasteiger partial charge on any atom is 0.233 e. The number of hydrogen-bond acceptors (Lipinski definition) is 3. The van der Waals surface area contributed by atoms with Gasteiger partial charge in [0.1, 0.15) is 4.66 Å². The van der Waals surface area contributed by atoms with Crippen LogP contribution in [0.5, 0.6) is 0 Å². The number of alkyl halides is 5. The van der Waals surface area contributed by atoms with E-state index in [0.29, 0.717) is 0 Å². The molecule has 1 aliphatic rings. The largest absolute Gasteiger partial charge is 0.233 e. The van der Waals surface area contributed by atoms with Gasteiger partial charge < -0.3 is 0 Å². The Balaban J connectivity index is 2.91. The maximum atomic E-state index is 12.0. The Morgan fingerprint density at radius 3 is 2.22 bits per heavy atom. The second-order valence-corrected chi connectivity index (χ2v) is 11.4. The molecule has 0 heterocycles. The van der Waals surface area contributed by atoms with Crippen molar-refractivity contribution in [2.45, 2.75) is 40.2 Å². The lowest BCUT2D eigenvalue weighted by atomic mass is 10.3. The van der Waals surface area contributed by atoms with E-state index in [0.717, 1.165) is 37.6 Å². The summed E-state index contributed by atoms with van der Waals surface area (Å²) in [5.41, 5.74) is 0. The molecule has 0 N–H and O–H groups in total. The lowest BCUT2D eigenvalue weighted by Crippen LogP contribution is -2.38. The molecule has 0 spiro atoms. The van der Waals surface area contributed by atoms with Gasteiger partial charge in [-0.25, -0.2) is 8.42 Å². The second kappa shape index (κ2) is 7.25. The van der Waals surface area contributed by atoms with Crippen LogP contribution in [0.3, 0.4) is 0 Å². The zero-order chi connectivity index (χ0) is 14.0. The SMILES string of the molecule is O=S(=O)(CBr)N(SC(Cl)(Cl)C(Cl)Cl)C1CCCC1. The fourth-order valence-corrected chi connectivity index (χ4v) is 6.09. The first-order chi connectivity index (χ1) is 8.20. The van der Waals surface area contributed by atoms with E-state index in [1.165, 1.54) is 3.71 Å². The highest BCUT2D eigenvalue weighted by atomic mass is 79.9. The predicted molar refractivity (Wildman–Crippen MR) is 84.3 cm³/mol. The summed E-state index contributed by atoms with van der Waals surface area (Å²) in [6, 6.07) is -0.110. The summed E-state index contributed by atoms with van der Waals surface area (Å²) in [5.74, 6) is 0. The molecule has 1 fully saturated rings. The third-order valence-corrected chi connectivity index (χ3v) is 9.43. The van der Waals surface area contributed by atoms with Crippen molar-refractivity contribution in [2.24, 2.45) is 0 Å². The predicted octanol–water partition coefficient (Wildman–Crippen LogP) is 4.50. The van der Waals surface area contributed by atoms with Crippen LogP contribution in [0.15, 0.2) is 0 Å². The Labute approximate surface area is 140 Å². The van der Waals surface area contributed by atoms with Gasteiger partial charge in [0.15, 0.2) is 4.84 Å². The van der Waals surface area contributed by atoms with E-state index in [2.05, 4.69) is 15.9 Å². The summed E-state index contributed by atoms with van der Waals surface area (Å²) in [4.78, 5) is -1.10. The Kier molecular flexibility index (Phi) is 7.23. The van der Waals surface area contributed by atoms with Gasteiger partial charge in [-0.1, -0.05) is 52.0 Å². The molecule has 18 heavy (non-hydrogen) atoms. The number of rotatable bonds is 6. The fourth-order valence-electron chi connectivity index (χ4n) is 1.68. The minimum Gasteiger partial charge on any atom is -0.210 e. The van der Waals surface area contributed by atoms with Crippen LogP contribution in [0.2, 0.25) is 0 Å². The van der Waals surface area contributed by atoms with Crippen molar-refractivity contribution in [3.8, 4) is 0 Å². The van der Waals surface area contributed by atoms with E-state index in [9.17, 15) is 8.42 Å². The average molecular weight is 440 g/mol. The van der Waals surface area contributed by atoms with Gasteiger partial charge in [-0.3, -0.25) is 0 Å². The summed E-state index contributed by atoms with van der Waals surface area (Å²) < 4.78 is 23.5. The quantitative estimate of drug-likeness (QED) is 0.451. The first-order valence-corrected chi connectivity index (χ1v) is 10.3. The van der Waals surface area contributed by atoms with E-state index < -0.39 is 18.5 Å². The van der Waals surface area contributed by atoms with Gasteiger partial charge in [0.2, 0.25) is 13.7 Å². The van der Waals surface area contributed by atoms with Crippen LogP contribution >= 0.6 is 74.3 Å². The third kappa shape index (κ3) is 4.72. The number of nitrogens with zero attached hydrogens (tertiary/aromatic N) is 1. The van der Waals surface area contributed by atoms with Crippen LogP contribution in [-0.4, -0.2) is 31.3 Å². The molecule has 0 radical (unpaired) electrons. The highest BCUT2D eigenvalue weighted by molar-refractivity contribution is 9.10. The molecule has 0 saturated heterocycles. The molecular formula is C8H12BrCl4NO2S2. The normalized spacial score (nSPS) is 19.1. The molecule has 0 aromatic carbocycles. The molecule has 1 rings (SSSR count). The van der Waals surface area contributed by atoms with E-state index in [4.69, 9.17) is 46.4 Å². The van der Waals surface area contributed by atoms with Crippen LogP contribution in [0.4, 0.5) is 0 Å². The monoisotopic (exact) mass is 437 g/mol. The van der Waals surface area contributed by atoms with E-state index in [-0.39, 0.29) is 10.7 Å². The first-order valence-electron chi connectivity index (χ1n) is 5.14. The van der Waals surface area contributed by atoms with Crippen molar-refractivity contribution in [3.05, 3.63) is 0 Å². The van der Waals surface area contributed by atoms with Gasteiger partial charge in [-0.2, -0.15) is 0 Å². The van der Waals surface area contributed by atoms with Gasteiger partial charge in [0, 0.05) is 6.04 Å². The highest BCUT2D eigenvalue weighted by Gasteiger charge is 2.42. The van der Waals surface area contributed by atoms with Gasteiger partial charge in [-0.05, 0) is 24.8 Å². The first kappa shape index (κ1) is 18.0. The Hall–Kier alpha value is 1.90. The molecule has 108 valence electrons. The summed E-state index contributed by atoms with van der Waals surface area (Å²) >= 11 is 27.0. The molecule has 0 aliphatic heterocycles. The number of hydrogen-bond donors (Lipinski definition) is 0. The summed E-state index contributed by atoms with van der Waals surface area (Å²) in [7, 11) is -3.48. The van der Waals surface area contributed by atoms with E-state index in [1.54, 1.807) is 0 Å². The highest BCUT2D eigenvalue weighted by Crippen LogP contribution is 2.47. The van der Waals surface area contributed by atoms with Crippen molar-refractivity contribution >= 4 is 84.3 Å². The Bertz CT molecular complexity index is 373. The van der Waals surface area contributed by atoms with Crippen molar-refractivity contribution in [1.82, 2.24) is 3.71 Å². The molecule has 0 aromatic heterocycles. The van der Waals surface area contributed by atoms with Crippen LogP contribution in [0, 0.1) is 0 Å². The topological polar surface area (TPSA) is 37.4 Å². The Morgan fingerprint density at radius 2 is 1.83 bits per heavy atom. The second-order valence-electron chi connectivity index (χ2n) is 3.87. The van der Waals surface area contributed by atoms with Gasteiger partial charge >= 0.3 is 0 Å². The smallest absolute Gasteiger partial charge is 0.210 e. The lowest BCUT2D eigenvalue weighted by Gasteiger charge is -2.31. The van der Waals surface area contributed by atoms with Gasteiger partial charge in [-0.15, -0.1) is 26.9 Å². The summed E-state index contributed by atoms with van der Waals surface area (Å²) in [6.07, 6.45) is 3.56. The Morgan fingerprint density at radius 1 is 1.33 bits per heavy atom. The fraction of sp³-hybridized carbons (Fsp3) is 1.00. The number of sulfonamides is 1. The minimum absolute atomic E-state index is 0.110. The summed E-state index contributed by atoms with van der Waals surface area (Å²) in [5, 5.41) is 0. The molecule has 3 nitrogen and oxygen atoms in total. The van der Waals surface area contributed by atoms with Gasteiger partial charge in [0.05, 0.1) is 0 Å². The molecule has 10 heteroatoms. The molecule has 0 atom stereocenters. The van der Waals surface area contributed by atoms with Crippen LogP contribution in [0.1, 0.15) is 25.7 Å². The lowest BCUT2D eigenvalue weighted by molar-refractivity contribution is 0.466. The molecule has 0 bridgehead atoms. The molecule has 1 aliphatic carbocycles. The summed E-state index contributed by atoms with van der Waals surface area (Å²) in [6.45, 7) is 0. The average Bonchev–Trinajstić information content (AvgIpc) is 2.78. The van der Waals surface area contributed by atoms with Crippen molar-refractivity contribution in [3.63, 3.8) is 0 Å².